The lowest BCUT2D eigenvalue weighted by Crippen LogP contribution is -2.11. The molecule has 0 heterocycles. The van der Waals surface area contributed by atoms with E-state index in [1.807, 2.05) is 6.92 Å². The fourth-order valence-electron chi connectivity index (χ4n) is 2.68. The number of Topliss-reactive ketones (excluding diaryl/α,β-unsaturated/α-hetero) is 1. The van der Waals surface area contributed by atoms with Gasteiger partial charge in [0.1, 0.15) is 11.5 Å². The molecule has 1 aliphatic carbocycles. The van der Waals surface area contributed by atoms with Gasteiger partial charge in [-0.05, 0) is 44.7 Å². The molecule has 0 radical (unpaired) electrons. The lowest BCUT2D eigenvalue weighted by molar-refractivity contribution is -0.385. The number of hydrogen-bond acceptors (Lipinski definition) is 4. The van der Waals surface area contributed by atoms with Crippen molar-refractivity contribution in [2.24, 2.45) is 5.92 Å². The van der Waals surface area contributed by atoms with Crippen molar-refractivity contribution < 1.29 is 14.5 Å². The first kappa shape index (κ1) is 14.5. The predicted molar refractivity (Wildman–Crippen MR) is 75.0 cm³/mol. The maximum atomic E-state index is 11.5. The highest BCUT2D eigenvalue weighted by Gasteiger charge is 2.24. The quantitative estimate of drug-likeness (QED) is 0.611. The number of nitrogens with zero attached hydrogens (tertiary/aromatic N) is 1. The Kier molecular flexibility index (Phi) is 4.37. The normalized spacial score (nSPS) is 18.3. The zero-order chi connectivity index (χ0) is 14.7. The smallest absolute Gasteiger partial charge is 0.276 e. The van der Waals surface area contributed by atoms with Crippen LogP contribution in [0.25, 0.3) is 0 Å². The summed E-state index contributed by atoms with van der Waals surface area (Å²) in [4.78, 5) is 22.0. The minimum Gasteiger partial charge on any atom is -0.493 e. The summed E-state index contributed by atoms with van der Waals surface area (Å²) in [5, 5.41) is 10.9. The number of ketones is 1. The SMILES string of the molecule is Cc1cc(C)c([N+](=O)[O-])cc1OCCC1CCCC1=O. The lowest BCUT2D eigenvalue weighted by Gasteiger charge is -2.12. The van der Waals surface area contributed by atoms with Crippen LogP contribution in [0, 0.1) is 29.9 Å². The van der Waals surface area contributed by atoms with Crippen LogP contribution in [-0.4, -0.2) is 17.3 Å². The third-order valence-corrected chi connectivity index (χ3v) is 3.85. The van der Waals surface area contributed by atoms with Gasteiger partial charge in [0.2, 0.25) is 0 Å². The van der Waals surface area contributed by atoms with Gasteiger partial charge in [-0.3, -0.25) is 14.9 Å². The molecule has 1 aliphatic rings. The van der Waals surface area contributed by atoms with E-state index in [0.29, 0.717) is 36.5 Å². The van der Waals surface area contributed by atoms with Crippen molar-refractivity contribution in [1.82, 2.24) is 0 Å². The van der Waals surface area contributed by atoms with E-state index in [-0.39, 0.29) is 11.6 Å². The minimum atomic E-state index is -0.401. The first-order valence-electron chi connectivity index (χ1n) is 6.90. The topological polar surface area (TPSA) is 69.4 Å². The fraction of sp³-hybridized carbons (Fsp3) is 0.533. The molecule has 1 aromatic carbocycles. The van der Waals surface area contributed by atoms with Crippen LogP contribution in [0.15, 0.2) is 12.1 Å². The maximum absolute atomic E-state index is 11.5. The predicted octanol–water partition coefficient (Wildman–Crippen LogP) is 3.35. The molecular formula is C15H19NO4. The van der Waals surface area contributed by atoms with Crippen molar-refractivity contribution in [3.63, 3.8) is 0 Å². The Bertz CT molecular complexity index is 539. The van der Waals surface area contributed by atoms with Gasteiger partial charge in [0.25, 0.3) is 5.69 Å². The second-order valence-corrected chi connectivity index (χ2v) is 5.35. The molecule has 1 saturated carbocycles. The molecule has 5 heteroatoms. The van der Waals surface area contributed by atoms with E-state index in [2.05, 4.69) is 0 Å². The second-order valence-electron chi connectivity index (χ2n) is 5.35. The third-order valence-electron chi connectivity index (χ3n) is 3.85. The van der Waals surface area contributed by atoms with E-state index in [9.17, 15) is 14.9 Å². The van der Waals surface area contributed by atoms with Gasteiger partial charge < -0.3 is 4.74 Å². The van der Waals surface area contributed by atoms with E-state index >= 15 is 0 Å². The largest absolute Gasteiger partial charge is 0.493 e. The first-order valence-corrected chi connectivity index (χ1v) is 6.90. The van der Waals surface area contributed by atoms with Gasteiger partial charge in [0.05, 0.1) is 17.6 Å². The molecule has 20 heavy (non-hydrogen) atoms. The average Bonchev–Trinajstić information content (AvgIpc) is 2.77. The van der Waals surface area contributed by atoms with Crippen molar-refractivity contribution in [2.45, 2.75) is 39.5 Å². The van der Waals surface area contributed by atoms with Crippen molar-refractivity contribution in [3.8, 4) is 5.75 Å². The Morgan fingerprint density at radius 2 is 2.10 bits per heavy atom. The molecule has 0 saturated heterocycles. The summed E-state index contributed by atoms with van der Waals surface area (Å²) in [6.07, 6.45) is 3.29. The third kappa shape index (κ3) is 3.15. The summed E-state index contributed by atoms with van der Waals surface area (Å²) in [6.45, 7) is 4.01. The van der Waals surface area contributed by atoms with Crippen LogP contribution in [0.2, 0.25) is 0 Å². The molecule has 1 atom stereocenters. The van der Waals surface area contributed by atoms with Gasteiger partial charge >= 0.3 is 0 Å². The molecule has 0 aliphatic heterocycles. The molecule has 108 valence electrons. The van der Waals surface area contributed by atoms with Crippen LogP contribution in [0.4, 0.5) is 5.69 Å². The Balaban J connectivity index is 2.00. The molecule has 0 bridgehead atoms. The van der Waals surface area contributed by atoms with Crippen molar-refractivity contribution in [3.05, 3.63) is 33.4 Å². The number of carbonyl (C=O) groups is 1. The van der Waals surface area contributed by atoms with E-state index in [0.717, 1.165) is 18.4 Å². The number of nitro groups is 1. The number of benzene rings is 1. The van der Waals surface area contributed by atoms with Crippen LogP contribution in [0.5, 0.6) is 5.75 Å². The second kappa shape index (κ2) is 6.03. The molecule has 1 aromatic rings. The van der Waals surface area contributed by atoms with Gasteiger partial charge in [-0.15, -0.1) is 0 Å². The summed E-state index contributed by atoms with van der Waals surface area (Å²) in [7, 11) is 0. The van der Waals surface area contributed by atoms with E-state index in [1.54, 1.807) is 13.0 Å². The van der Waals surface area contributed by atoms with Gasteiger partial charge in [-0.25, -0.2) is 0 Å². The maximum Gasteiger partial charge on any atom is 0.276 e. The number of nitro benzene ring substituents is 1. The molecule has 1 unspecified atom stereocenters. The zero-order valence-electron chi connectivity index (χ0n) is 11.8. The minimum absolute atomic E-state index is 0.0718. The molecule has 1 fully saturated rings. The van der Waals surface area contributed by atoms with Crippen molar-refractivity contribution in [1.29, 1.82) is 0 Å². The summed E-state index contributed by atoms with van der Waals surface area (Å²) >= 11 is 0. The monoisotopic (exact) mass is 277 g/mol. The van der Waals surface area contributed by atoms with Gasteiger partial charge in [-0.1, -0.05) is 0 Å². The first-order chi connectivity index (χ1) is 9.49. The highest BCUT2D eigenvalue weighted by atomic mass is 16.6. The molecule has 0 amide bonds. The van der Waals surface area contributed by atoms with Gasteiger partial charge in [0.15, 0.2) is 0 Å². The fourth-order valence-corrected chi connectivity index (χ4v) is 2.68. The molecule has 0 aromatic heterocycles. The van der Waals surface area contributed by atoms with E-state index in [4.69, 9.17) is 4.74 Å². The Labute approximate surface area is 118 Å². The number of aryl methyl sites for hydroxylation is 2. The standard InChI is InChI=1S/C15H19NO4/c1-10-8-11(2)15(9-13(10)16(18)19)20-7-6-12-4-3-5-14(12)17/h8-9,12H,3-7H2,1-2H3. The summed E-state index contributed by atoms with van der Waals surface area (Å²) in [5.74, 6) is 0.962. The van der Waals surface area contributed by atoms with Crippen LogP contribution in [0.3, 0.4) is 0 Å². The van der Waals surface area contributed by atoms with Crippen LogP contribution in [-0.2, 0) is 4.79 Å². The Morgan fingerprint density at radius 3 is 2.70 bits per heavy atom. The van der Waals surface area contributed by atoms with Gasteiger partial charge in [0, 0.05) is 17.9 Å². The van der Waals surface area contributed by atoms with Crippen LogP contribution in [0.1, 0.15) is 36.8 Å². The number of hydrogen-bond donors (Lipinski definition) is 0. The Hall–Kier alpha value is -1.91. The van der Waals surface area contributed by atoms with Gasteiger partial charge in [-0.2, -0.15) is 0 Å². The molecular weight excluding hydrogens is 258 g/mol. The summed E-state index contributed by atoms with van der Waals surface area (Å²) < 4.78 is 5.64. The summed E-state index contributed by atoms with van der Waals surface area (Å²) in [5.41, 5.74) is 1.58. The Morgan fingerprint density at radius 1 is 1.35 bits per heavy atom. The highest BCUT2D eigenvalue weighted by molar-refractivity contribution is 5.82. The molecule has 5 nitrogen and oxygen atoms in total. The molecule has 0 spiro atoms. The zero-order valence-corrected chi connectivity index (χ0v) is 11.8. The average molecular weight is 277 g/mol. The number of rotatable bonds is 5. The van der Waals surface area contributed by atoms with Crippen LogP contribution >= 0.6 is 0 Å². The van der Waals surface area contributed by atoms with Crippen molar-refractivity contribution in [2.75, 3.05) is 6.61 Å². The molecule has 2 rings (SSSR count). The molecule has 0 N–H and O–H groups in total. The summed E-state index contributed by atoms with van der Waals surface area (Å²) in [6, 6.07) is 3.23. The number of carbonyl (C=O) groups excluding carboxylic acids is 1. The van der Waals surface area contributed by atoms with E-state index in [1.165, 1.54) is 6.07 Å². The lowest BCUT2D eigenvalue weighted by atomic mass is 10.0. The van der Waals surface area contributed by atoms with Crippen LogP contribution < -0.4 is 4.74 Å². The highest BCUT2D eigenvalue weighted by Crippen LogP contribution is 2.29. The van der Waals surface area contributed by atoms with Crippen molar-refractivity contribution >= 4 is 11.5 Å². The van der Waals surface area contributed by atoms with E-state index < -0.39 is 4.92 Å². The number of ether oxygens (including phenoxy) is 1.